The first kappa shape index (κ1) is 25.4. The van der Waals surface area contributed by atoms with Crippen molar-refractivity contribution in [2.75, 3.05) is 47.0 Å². The highest BCUT2D eigenvalue weighted by atomic mass is 16.5. The van der Waals surface area contributed by atoms with Crippen LogP contribution in [-0.4, -0.2) is 89.3 Å². The van der Waals surface area contributed by atoms with Crippen LogP contribution in [0.5, 0.6) is 5.75 Å². The number of aromatic amines is 1. The molecule has 0 radical (unpaired) electrons. The summed E-state index contributed by atoms with van der Waals surface area (Å²) >= 11 is 0. The third kappa shape index (κ3) is 4.20. The van der Waals surface area contributed by atoms with Gasteiger partial charge in [0.2, 0.25) is 0 Å². The molecule has 0 unspecified atom stereocenters. The number of aliphatic hydroxyl groups excluding tert-OH is 1. The van der Waals surface area contributed by atoms with Crippen molar-refractivity contribution in [2.24, 2.45) is 0 Å². The number of imide groups is 1. The number of benzene rings is 1. The van der Waals surface area contributed by atoms with Crippen LogP contribution in [0.15, 0.2) is 41.7 Å². The van der Waals surface area contributed by atoms with Gasteiger partial charge in [-0.15, -0.1) is 0 Å². The van der Waals surface area contributed by atoms with Crippen LogP contribution in [0.1, 0.15) is 44.0 Å². The summed E-state index contributed by atoms with van der Waals surface area (Å²) in [7, 11) is 3.30. The second-order valence-corrected chi connectivity index (χ2v) is 10.2. The molecular formula is C28H36N4O5. The van der Waals surface area contributed by atoms with E-state index in [-0.39, 0.29) is 17.7 Å². The summed E-state index contributed by atoms with van der Waals surface area (Å²) in [4.78, 5) is 36.8. The molecule has 2 aliphatic heterocycles. The van der Waals surface area contributed by atoms with Crippen LogP contribution >= 0.6 is 0 Å². The number of allylic oxidation sites excluding steroid dienone is 2. The van der Waals surface area contributed by atoms with Gasteiger partial charge < -0.3 is 19.6 Å². The van der Waals surface area contributed by atoms with Gasteiger partial charge in [0.1, 0.15) is 17.3 Å². The van der Waals surface area contributed by atoms with Crippen LogP contribution in [0.4, 0.5) is 4.79 Å². The highest BCUT2D eigenvalue weighted by Crippen LogP contribution is 2.50. The van der Waals surface area contributed by atoms with E-state index in [1.54, 1.807) is 25.2 Å². The van der Waals surface area contributed by atoms with Crippen molar-refractivity contribution in [1.82, 2.24) is 19.7 Å². The van der Waals surface area contributed by atoms with E-state index < -0.39 is 11.6 Å². The lowest BCUT2D eigenvalue weighted by Gasteiger charge is -2.43. The number of ether oxygens (including phenoxy) is 2. The summed E-state index contributed by atoms with van der Waals surface area (Å²) in [5, 5.41) is 11.4. The zero-order valence-electron chi connectivity index (χ0n) is 22.0. The summed E-state index contributed by atoms with van der Waals surface area (Å²) < 4.78 is 10.7. The summed E-state index contributed by atoms with van der Waals surface area (Å²) in [6, 6.07) is 5.05. The molecule has 9 heteroatoms. The summed E-state index contributed by atoms with van der Waals surface area (Å²) in [6.45, 7) is 6.97. The molecule has 2 aromatic rings. The van der Waals surface area contributed by atoms with Crippen molar-refractivity contribution in [3.8, 4) is 5.75 Å². The molecule has 1 saturated heterocycles. The zero-order chi connectivity index (χ0) is 26.3. The molecule has 0 saturated carbocycles. The van der Waals surface area contributed by atoms with Crippen LogP contribution in [0.3, 0.4) is 0 Å². The van der Waals surface area contributed by atoms with Gasteiger partial charge in [-0.2, -0.15) is 0 Å². The van der Waals surface area contributed by atoms with Crippen molar-refractivity contribution in [2.45, 2.75) is 44.7 Å². The number of hydrogen-bond acceptors (Lipinski definition) is 6. The van der Waals surface area contributed by atoms with Crippen molar-refractivity contribution in [3.05, 3.63) is 52.9 Å². The molecular weight excluding hydrogens is 472 g/mol. The molecule has 2 N–H and O–H groups in total. The highest BCUT2D eigenvalue weighted by molar-refractivity contribution is 6.08. The first-order valence-electron chi connectivity index (χ1n) is 13.0. The zero-order valence-corrected chi connectivity index (χ0v) is 22.0. The topological polar surface area (TPSA) is 98.3 Å². The number of hydrogen-bond donors (Lipinski definition) is 2. The maximum Gasteiger partial charge on any atom is 0.328 e. The van der Waals surface area contributed by atoms with Crippen molar-refractivity contribution in [1.29, 1.82) is 0 Å². The third-order valence-electron chi connectivity index (χ3n) is 8.00. The Bertz CT molecular complexity index is 1280. The molecule has 0 bridgehead atoms. The van der Waals surface area contributed by atoms with Gasteiger partial charge in [0, 0.05) is 56.2 Å². The Hall–Kier alpha value is -3.30. The van der Waals surface area contributed by atoms with Crippen molar-refractivity contribution in [3.63, 3.8) is 0 Å². The second-order valence-electron chi connectivity index (χ2n) is 10.2. The Morgan fingerprint density at radius 2 is 2.05 bits per heavy atom. The Balaban J connectivity index is 1.57. The molecule has 3 heterocycles. The summed E-state index contributed by atoms with van der Waals surface area (Å²) in [5.41, 5.74) is 2.61. The number of H-pyrrole nitrogens is 1. The first-order valence-corrected chi connectivity index (χ1v) is 13.0. The molecule has 1 aromatic heterocycles. The number of methoxy groups -OCH3 is 2. The first-order chi connectivity index (χ1) is 17.8. The predicted octanol–water partition coefficient (Wildman–Crippen LogP) is 3.93. The normalized spacial score (nSPS) is 23.4. The lowest BCUT2D eigenvalue weighted by Crippen LogP contribution is -2.53. The average Bonchev–Trinajstić information content (AvgIpc) is 3.34. The Morgan fingerprint density at radius 1 is 1.24 bits per heavy atom. The molecule has 1 aliphatic carbocycles. The summed E-state index contributed by atoms with van der Waals surface area (Å²) in [5.74, 6) is 0.840. The van der Waals surface area contributed by atoms with E-state index in [9.17, 15) is 14.7 Å². The van der Waals surface area contributed by atoms with Gasteiger partial charge in [-0.25, -0.2) is 4.79 Å². The predicted molar refractivity (Wildman–Crippen MR) is 141 cm³/mol. The maximum atomic E-state index is 14.0. The number of carbonyl (C=O) groups excluding carboxylic acids is 2. The fourth-order valence-corrected chi connectivity index (χ4v) is 5.95. The molecule has 198 valence electrons. The minimum Gasteiger partial charge on any atom is -0.512 e. The molecule has 3 amide bonds. The van der Waals surface area contributed by atoms with Gasteiger partial charge in [0.25, 0.3) is 5.91 Å². The van der Waals surface area contributed by atoms with Crippen molar-refractivity contribution < 1.29 is 24.2 Å². The second kappa shape index (κ2) is 9.87. The minimum absolute atomic E-state index is 0.183. The Morgan fingerprint density at radius 3 is 2.76 bits per heavy atom. The number of nitrogens with zero attached hydrogens (tertiary/aromatic N) is 3. The van der Waals surface area contributed by atoms with E-state index in [0.717, 1.165) is 46.6 Å². The number of likely N-dealkylation sites (N-methyl/N-ethyl adjacent to an activating group) is 1. The van der Waals surface area contributed by atoms with Crippen molar-refractivity contribution >= 4 is 22.8 Å². The summed E-state index contributed by atoms with van der Waals surface area (Å²) in [6.07, 6.45) is 5.46. The molecule has 2 atom stereocenters. The van der Waals surface area contributed by atoms with Crippen LogP contribution in [0, 0.1) is 0 Å². The lowest BCUT2D eigenvalue weighted by molar-refractivity contribution is -0.133. The molecule has 9 nitrogen and oxygen atoms in total. The van der Waals surface area contributed by atoms with E-state index in [2.05, 4.69) is 22.9 Å². The number of rotatable bonds is 9. The molecule has 5 rings (SSSR count). The number of aromatic nitrogens is 1. The van der Waals surface area contributed by atoms with Crippen LogP contribution in [0.25, 0.3) is 10.9 Å². The van der Waals surface area contributed by atoms with Crippen LogP contribution in [0.2, 0.25) is 0 Å². The monoisotopic (exact) mass is 508 g/mol. The quantitative estimate of drug-likeness (QED) is 0.498. The largest absolute Gasteiger partial charge is 0.512 e. The number of nitrogens with one attached hydrogen (secondary N) is 1. The molecule has 0 spiro atoms. The molecule has 3 aliphatic rings. The van der Waals surface area contributed by atoms with E-state index in [4.69, 9.17) is 9.47 Å². The lowest BCUT2D eigenvalue weighted by atomic mass is 9.80. The van der Waals surface area contributed by atoms with E-state index in [0.29, 0.717) is 39.0 Å². The standard InChI is InChI=1S/C28H36N4O5/c1-5-30(13-14-36-3)11-12-31-26(34)28(2)17-22-21-16-20(37-4)9-10-23(21)29-24(22)25(32(28)27(31)35)18-7-6-8-19(33)15-18/h7,9-10,15-16,25,29,33H,5-6,8,11-14,17H2,1-4H3/t25-,28+/m1/s1. The molecule has 1 aromatic carbocycles. The highest BCUT2D eigenvalue weighted by Gasteiger charge is 2.60. The Labute approximate surface area is 217 Å². The SMILES string of the molecule is CCN(CCOC)CCN1C(=O)N2[C@H](C3=CCCC(O)=C3)c3[nH]c4ccc(OC)cc4c3C[C@@]2(C)C1=O. The van der Waals surface area contributed by atoms with E-state index in [1.807, 2.05) is 25.1 Å². The molecule has 1 fully saturated rings. The number of fused-ring (bicyclic) bond motifs is 4. The Kier molecular flexibility index (Phi) is 6.76. The van der Waals surface area contributed by atoms with E-state index >= 15 is 0 Å². The van der Waals surface area contributed by atoms with Gasteiger partial charge in [-0.1, -0.05) is 13.0 Å². The van der Waals surface area contributed by atoms with Gasteiger partial charge in [0.15, 0.2) is 0 Å². The maximum absolute atomic E-state index is 14.0. The third-order valence-corrected chi connectivity index (χ3v) is 8.00. The number of carbonyl (C=O) groups is 2. The van der Waals surface area contributed by atoms with Gasteiger partial charge in [0.05, 0.1) is 19.5 Å². The molecule has 37 heavy (non-hydrogen) atoms. The van der Waals surface area contributed by atoms with Crippen LogP contribution < -0.4 is 4.74 Å². The van der Waals surface area contributed by atoms with Gasteiger partial charge in [-0.05, 0) is 55.3 Å². The number of amides is 3. The van der Waals surface area contributed by atoms with Gasteiger partial charge in [-0.3, -0.25) is 19.5 Å². The smallest absolute Gasteiger partial charge is 0.328 e. The average molecular weight is 509 g/mol. The van der Waals surface area contributed by atoms with E-state index in [1.165, 1.54) is 4.90 Å². The fraction of sp³-hybridized carbons (Fsp3) is 0.500. The van der Waals surface area contributed by atoms with Crippen LogP contribution in [-0.2, 0) is 16.0 Å². The fourth-order valence-electron chi connectivity index (χ4n) is 5.95. The van der Waals surface area contributed by atoms with Gasteiger partial charge >= 0.3 is 6.03 Å². The minimum atomic E-state index is -1.04. The number of urea groups is 1. The number of aliphatic hydroxyl groups is 1.